The molecule has 1 unspecified atom stereocenters. The summed E-state index contributed by atoms with van der Waals surface area (Å²) in [6, 6.07) is 18.9. The molecule has 0 aromatic heterocycles. The number of amides is 2. The first-order valence-corrected chi connectivity index (χ1v) is 10.0. The van der Waals surface area contributed by atoms with Gasteiger partial charge < -0.3 is 20.1 Å². The molecule has 1 atom stereocenters. The van der Waals surface area contributed by atoms with Gasteiger partial charge in [-0.1, -0.05) is 17.7 Å². The van der Waals surface area contributed by atoms with Crippen LogP contribution in [0.1, 0.15) is 22.8 Å². The van der Waals surface area contributed by atoms with Crippen LogP contribution in [0.5, 0.6) is 11.5 Å². The number of nitrogens with one attached hydrogen (secondary N) is 2. The zero-order valence-corrected chi connectivity index (χ0v) is 18.2. The van der Waals surface area contributed by atoms with Crippen molar-refractivity contribution in [2.45, 2.75) is 20.0 Å². The number of hydrogen-bond donors (Lipinski definition) is 2. The Morgan fingerprint density at radius 1 is 0.871 bits per heavy atom. The maximum Gasteiger partial charge on any atom is 0.265 e. The first-order valence-electron chi connectivity index (χ1n) is 9.65. The number of benzene rings is 3. The molecule has 31 heavy (non-hydrogen) atoms. The molecule has 0 bridgehead atoms. The van der Waals surface area contributed by atoms with Crippen LogP contribution in [-0.2, 0) is 4.79 Å². The molecule has 6 nitrogen and oxygen atoms in total. The summed E-state index contributed by atoms with van der Waals surface area (Å²) in [5.74, 6) is 0.633. The molecule has 3 aromatic carbocycles. The molecule has 0 saturated heterocycles. The first-order chi connectivity index (χ1) is 14.9. The van der Waals surface area contributed by atoms with Gasteiger partial charge in [-0.2, -0.15) is 0 Å². The minimum atomic E-state index is -0.737. The normalized spacial score (nSPS) is 11.4. The van der Waals surface area contributed by atoms with Crippen LogP contribution in [0.4, 0.5) is 11.4 Å². The highest BCUT2D eigenvalue weighted by Crippen LogP contribution is 2.21. The Morgan fingerprint density at radius 3 is 2.10 bits per heavy atom. The lowest BCUT2D eigenvalue weighted by atomic mass is 10.2. The second-order valence-electron chi connectivity index (χ2n) is 6.92. The lowest BCUT2D eigenvalue weighted by Gasteiger charge is -2.15. The summed E-state index contributed by atoms with van der Waals surface area (Å²) < 4.78 is 10.8. The van der Waals surface area contributed by atoms with Gasteiger partial charge in [0, 0.05) is 22.0 Å². The number of anilines is 2. The fourth-order valence-corrected chi connectivity index (χ4v) is 2.92. The van der Waals surface area contributed by atoms with Crippen LogP contribution in [0.3, 0.4) is 0 Å². The van der Waals surface area contributed by atoms with E-state index in [4.69, 9.17) is 21.1 Å². The average molecular weight is 439 g/mol. The van der Waals surface area contributed by atoms with Gasteiger partial charge >= 0.3 is 0 Å². The van der Waals surface area contributed by atoms with Crippen molar-refractivity contribution in [3.05, 3.63) is 82.9 Å². The van der Waals surface area contributed by atoms with Gasteiger partial charge in [0.1, 0.15) is 11.5 Å². The van der Waals surface area contributed by atoms with E-state index in [2.05, 4.69) is 10.6 Å². The van der Waals surface area contributed by atoms with E-state index < -0.39 is 6.10 Å². The van der Waals surface area contributed by atoms with Gasteiger partial charge in [-0.15, -0.1) is 0 Å². The van der Waals surface area contributed by atoms with Gasteiger partial charge in [0.2, 0.25) is 0 Å². The van der Waals surface area contributed by atoms with E-state index in [0.717, 1.165) is 5.56 Å². The van der Waals surface area contributed by atoms with Gasteiger partial charge in [-0.05, 0) is 80.1 Å². The number of hydrogen-bond acceptors (Lipinski definition) is 4. The standard InChI is InChI=1S/C24H23ClN2O4/c1-15-4-7-19(14-22(15)25)27-23(28)16(2)31-21-10-5-17(6-11-21)24(29)26-18-8-12-20(30-3)13-9-18/h4-14,16H,1-3H3,(H,26,29)(H,27,28). The molecule has 0 aliphatic rings. The van der Waals surface area contributed by atoms with E-state index in [1.54, 1.807) is 74.7 Å². The zero-order valence-electron chi connectivity index (χ0n) is 17.4. The highest BCUT2D eigenvalue weighted by Gasteiger charge is 2.16. The fourth-order valence-electron chi connectivity index (χ4n) is 2.73. The molecule has 160 valence electrons. The lowest BCUT2D eigenvalue weighted by molar-refractivity contribution is -0.122. The molecule has 0 aliphatic carbocycles. The SMILES string of the molecule is COc1ccc(NC(=O)c2ccc(OC(C)C(=O)Nc3ccc(C)c(Cl)c3)cc2)cc1. The van der Waals surface area contributed by atoms with E-state index in [-0.39, 0.29) is 11.8 Å². The zero-order chi connectivity index (χ0) is 22.4. The molecular weight excluding hydrogens is 416 g/mol. The van der Waals surface area contributed by atoms with Crippen LogP contribution >= 0.6 is 11.6 Å². The molecule has 3 rings (SSSR count). The predicted molar refractivity (Wildman–Crippen MR) is 122 cm³/mol. The van der Waals surface area contributed by atoms with Crippen molar-refractivity contribution in [3.63, 3.8) is 0 Å². The number of rotatable bonds is 7. The van der Waals surface area contributed by atoms with Gasteiger partial charge in [-0.25, -0.2) is 0 Å². The van der Waals surface area contributed by atoms with E-state index >= 15 is 0 Å². The molecule has 0 saturated carbocycles. The summed E-state index contributed by atoms with van der Waals surface area (Å²) >= 11 is 6.09. The molecule has 0 aliphatic heterocycles. The average Bonchev–Trinajstić information content (AvgIpc) is 2.77. The Bertz CT molecular complexity index is 1070. The third-order valence-electron chi connectivity index (χ3n) is 4.59. The third-order valence-corrected chi connectivity index (χ3v) is 4.99. The Hall–Kier alpha value is -3.51. The predicted octanol–water partition coefficient (Wildman–Crippen LogP) is 5.32. The minimum absolute atomic E-state index is 0.251. The van der Waals surface area contributed by atoms with E-state index in [1.807, 2.05) is 13.0 Å². The Labute approximate surface area is 186 Å². The first kappa shape index (κ1) is 22.2. The van der Waals surface area contributed by atoms with Crippen molar-refractivity contribution in [2.24, 2.45) is 0 Å². The molecule has 0 spiro atoms. The molecule has 3 aromatic rings. The van der Waals surface area contributed by atoms with Crippen molar-refractivity contribution in [2.75, 3.05) is 17.7 Å². The summed E-state index contributed by atoms with van der Waals surface area (Å²) in [6.45, 7) is 3.54. The smallest absolute Gasteiger partial charge is 0.265 e. The van der Waals surface area contributed by atoms with Gasteiger partial charge in [0.05, 0.1) is 7.11 Å². The number of carbonyl (C=O) groups is 2. The van der Waals surface area contributed by atoms with Crippen LogP contribution in [0.25, 0.3) is 0 Å². The van der Waals surface area contributed by atoms with Gasteiger partial charge in [0.25, 0.3) is 11.8 Å². The maximum atomic E-state index is 12.4. The number of methoxy groups -OCH3 is 1. The summed E-state index contributed by atoms with van der Waals surface area (Å²) in [6.07, 6.45) is -0.737. The quantitative estimate of drug-likeness (QED) is 0.523. The molecule has 7 heteroatoms. The van der Waals surface area contributed by atoms with E-state index in [1.165, 1.54) is 0 Å². The van der Waals surface area contributed by atoms with Crippen LogP contribution in [-0.4, -0.2) is 25.0 Å². The molecule has 0 heterocycles. The fraction of sp³-hybridized carbons (Fsp3) is 0.167. The largest absolute Gasteiger partial charge is 0.497 e. The van der Waals surface area contributed by atoms with Crippen molar-refractivity contribution in [1.29, 1.82) is 0 Å². The lowest BCUT2D eigenvalue weighted by Crippen LogP contribution is -2.30. The van der Waals surface area contributed by atoms with Crippen LogP contribution < -0.4 is 20.1 Å². The second-order valence-corrected chi connectivity index (χ2v) is 7.33. The highest BCUT2D eigenvalue weighted by atomic mass is 35.5. The maximum absolute atomic E-state index is 12.4. The Balaban J connectivity index is 1.56. The van der Waals surface area contributed by atoms with Crippen LogP contribution in [0.15, 0.2) is 66.7 Å². The number of ether oxygens (including phenoxy) is 2. The molecular formula is C24H23ClN2O4. The number of aryl methyl sites for hydroxylation is 1. The molecule has 0 fully saturated rings. The number of carbonyl (C=O) groups excluding carboxylic acids is 2. The Kier molecular flexibility index (Phi) is 7.15. The molecule has 0 radical (unpaired) electrons. The van der Waals surface area contributed by atoms with Crippen molar-refractivity contribution >= 4 is 34.8 Å². The van der Waals surface area contributed by atoms with E-state index in [9.17, 15) is 9.59 Å². The summed E-state index contributed by atoms with van der Waals surface area (Å²) in [4.78, 5) is 24.8. The second kappa shape index (κ2) is 10.00. The van der Waals surface area contributed by atoms with Crippen LogP contribution in [0.2, 0.25) is 5.02 Å². The summed E-state index contributed by atoms with van der Waals surface area (Å²) in [5, 5.41) is 6.17. The number of halogens is 1. The van der Waals surface area contributed by atoms with Gasteiger partial charge in [0.15, 0.2) is 6.10 Å². The molecule has 2 N–H and O–H groups in total. The van der Waals surface area contributed by atoms with Gasteiger partial charge in [-0.3, -0.25) is 9.59 Å². The highest BCUT2D eigenvalue weighted by molar-refractivity contribution is 6.31. The topological polar surface area (TPSA) is 76.7 Å². The summed E-state index contributed by atoms with van der Waals surface area (Å²) in [5.41, 5.74) is 2.66. The monoisotopic (exact) mass is 438 g/mol. The van der Waals surface area contributed by atoms with Crippen molar-refractivity contribution in [3.8, 4) is 11.5 Å². The minimum Gasteiger partial charge on any atom is -0.497 e. The van der Waals surface area contributed by atoms with Crippen molar-refractivity contribution in [1.82, 2.24) is 0 Å². The molecule has 2 amide bonds. The third kappa shape index (κ3) is 5.99. The van der Waals surface area contributed by atoms with Crippen molar-refractivity contribution < 1.29 is 19.1 Å². The van der Waals surface area contributed by atoms with E-state index in [0.29, 0.717) is 33.5 Å². The Morgan fingerprint density at radius 2 is 1.48 bits per heavy atom. The summed E-state index contributed by atoms with van der Waals surface area (Å²) in [7, 11) is 1.58. The van der Waals surface area contributed by atoms with Crippen LogP contribution in [0, 0.1) is 6.92 Å².